The average molecular weight is 265 g/mol. The van der Waals surface area contributed by atoms with Crippen molar-refractivity contribution in [2.75, 3.05) is 7.05 Å². The fourth-order valence-electron chi connectivity index (χ4n) is 2.07. The number of rotatable bonds is 4. The van der Waals surface area contributed by atoms with Crippen LogP contribution in [0, 0.1) is 0 Å². The van der Waals surface area contributed by atoms with E-state index in [1.807, 2.05) is 43.4 Å². The van der Waals surface area contributed by atoms with E-state index in [1.165, 1.54) is 0 Å². The van der Waals surface area contributed by atoms with Crippen molar-refractivity contribution in [1.82, 2.24) is 15.3 Å². The Balaban J connectivity index is 1.93. The molecule has 3 aromatic rings. The second-order valence-corrected chi connectivity index (χ2v) is 4.48. The Morgan fingerprint density at radius 1 is 1.15 bits per heavy atom. The van der Waals surface area contributed by atoms with Gasteiger partial charge in [-0.05, 0) is 25.2 Å². The van der Waals surface area contributed by atoms with E-state index >= 15 is 0 Å². The van der Waals surface area contributed by atoms with Gasteiger partial charge < -0.3 is 10.1 Å². The van der Waals surface area contributed by atoms with Crippen LogP contribution in [-0.4, -0.2) is 17.0 Å². The van der Waals surface area contributed by atoms with Gasteiger partial charge in [0.15, 0.2) is 0 Å². The lowest BCUT2D eigenvalue weighted by atomic mass is 10.2. The summed E-state index contributed by atoms with van der Waals surface area (Å²) in [7, 11) is 1.90. The molecule has 4 heteroatoms. The zero-order chi connectivity index (χ0) is 13.8. The van der Waals surface area contributed by atoms with E-state index in [-0.39, 0.29) is 0 Å². The Hall–Kier alpha value is -2.46. The first kappa shape index (κ1) is 12.6. The molecule has 0 fully saturated rings. The van der Waals surface area contributed by atoms with Crippen LogP contribution in [0.25, 0.3) is 10.9 Å². The second-order valence-electron chi connectivity index (χ2n) is 4.48. The number of ether oxygens (including phenoxy) is 1. The molecule has 0 saturated heterocycles. The molecule has 0 unspecified atom stereocenters. The van der Waals surface area contributed by atoms with Crippen molar-refractivity contribution in [3.05, 3.63) is 60.6 Å². The van der Waals surface area contributed by atoms with Crippen LogP contribution in [0.3, 0.4) is 0 Å². The lowest BCUT2D eigenvalue weighted by Gasteiger charge is -2.10. The fraction of sp³-hybridized carbons (Fsp3) is 0.125. The predicted molar refractivity (Wildman–Crippen MR) is 78.8 cm³/mol. The summed E-state index contributed by atoms with van der Waals surface area (Å²) >= 11 is 0. The van der Waals surface area contributed by atoms with Crippen LogP contribution < -0.4 is 10.1 Å². The van der Waals surface area contributed by atoms with Gasteiger partial charge >= 0.3 is 0 Å². The summed E-state index contributed by atoms with van der Waals surface area (Å²) in [5.74, 6) is 1.47. The molecule has 1 N–H and O–H groups in total. The largest absolute Gasteiger partial charge is 0.454 e. The van der Waals surface area contributed by atoms with Gasteiger partial charge in [-0.3, -0.25) is 9.97 Å². The summed E-state index contributed by atoms with van der Waals surface area (Å²) in [4.78, 5) is 8.50. The van der Waals surface area contributed by atoms with Crippen LogP contribution in [-0.2, 0) is 6.54 Å². The third-order valence-corrected chi connectivity index (χ3v) is 3.03. The number of para-hydroxylation sites is 1. The molecule has 0 aliphatic rings. The zero-order valence-electron chi connectivity index (χ0n) is 11.2. The van der Waals surface area contributed by atoms with Gasteiger partial charge in [0, 0.05) is 23.7 Å². The maximum Gasteiger partial charge on any atom is 0.150 e. The minimum atomic E-state index is 0.717. The smallest absolute Gasteiger partial charge is 0.150 e. The van der Waals surface area contributed by atoms with Crippen molar-refractivity contribution in [2.45, 2.75) is 6.54 Å². The third-order valence-electron chi connectivity index (χ3n) is 3.03. The topological polar surface area (TPSA) is 47.0 Å². The van der Waals surface area contributed by atoms with Gasteiger partial charge in [0.25, 0.3) is 0 Å². The van der Waals surface area contributed by atoms with Gasteiger partial charge in [-0.2, -0.15) is 0 Å². The molecular weight excluding hydrogens is 250 g/mol. The van der Waals surface area contributed by atoms with Crippen molar-refractivity contribution in [2.24, 2.45) is 0 Å². The molecule has 0 aliphatic heterocycles. The number of pyridine rings is 2. The zero-order valence-corrected chi connectivity index (χ0v) is 11.2. The summed E-state index contributed by atoms with van der Waals surface area (Å²) in [5.41, 5.74) is 2.03. The molecule has 0 radical (unpaired) electrons. The Morgan fingerprint density at radius 2 is 2.05 bits per heavy atom. The molecule has 2 aromatic heterocycles. The number of hydrogen-bond acceptors (Lipinski definition) is 4. The first-order valence-corrected chi connectivity index (χ1v) is 6.47. The molecule has 1 aromatic carbocycles. The minimum Gasteiger partial charge on any atom is -0.454 e. The number of aromatic nitrogens is 2. The van der Waals surface area contributed by atoms with Crippen LogP contribution >= 0.6 is 0 Å². The lowest BCUT2D eigenvalue weighted by Crippen LogP contribution is -2.06. The van der Waals surface area contributed by atoms with Crippen molar-refractivity contribution < 1.29 is 4.74 Å². The molecule has 4 nitrogen and oxygen atoms in total. The van der Waals surface area contributed by atoms with Crippen molar-refractivity contribution in [3.8, 4) is 11.5 Å². The van der Waals surface area contributed by atoms with Gasteiger partial charge in [-0.15, -0.1) is 0 Å². The van der Waals surface area contributed by atoms with E-state index in [9.17, 15) is 0 Å². The summed E-state index contributed by atoms with van der Waals surface area (Å²) in [6.45, 7) is 0.735. The summed E-state index contributed by atoms with van der Waals surface area (Å²) in [5, 5.41) is 4.18. The van der Waals surface area contributed by atoms with E-state index < -0.39 is 0 Å². The van der Waals surface area contributed by atoms with Crippen molar-refractivity contribution >= 4 is 10.9 Å². The molecule has 0 amide bonds. The van der Waals surface area contributed by atoms with Gasteiger partial charge in [-0.25, -0.2) is 0 Å². The normalized spacial score (nSPS) is 10.7. The molecule has 3 rings (SSSR count). The Bertz CT molecular complexity index is 727. The van der Waals surface area contributed by atoms with E-state index in [0.717, 1.165) is 28.8 Å². The highest BCUT2D eigenvalue weighted by atomic mass is 16.5. The highest BCUT2D eigenvalue weighted by molar-refractivity contribution is 5.79. The second kappa shape index (κ2) is 5.67. The molecule has 20 heavy (non-hydrogen) atoms. The SMILES string of the molecule is CNCc1ccncc1Oc1cnc2ccccc2c1. The number of hydrogen-bond donors (Lipinski definition) is 1. The molecule has 0 bridgehead atoms. The van der Waals surface area contributed by atoms with E-state index in [0.29, 0.717) is 5.75 Å². The summed E-state index contributed by atoms with van der Waals surface area (Å²) in [6.07, 6.45) is 5.22. The van der Waals surface area contributed by atoms with Crippen LogP contribution in [0.4, 0.5) is 0 Å². The minimum absolute atomic E-state index is 0.717. The van der Waals surface area contributed by atoms with E-state index in [1.54, 1.807) is 18.6 Å². The highest BCUT2D eigenvalue weighted by Gasteiger charge is 2.05. The number of nitrogens with one attached hydrogen (secondary N) is 1. The van der Waals surface area contributed by atoms with Crippen LogP contribution in [0.2, 0.25) is 0 Å². The maximum absolute atomic E-state index is 5.91. The monoisotopic (exact) mass is 265 g/mol. The van der Waals surface area contributed by atoms with Crippen LogP contribution in [0.1, 0.15) is 5.56 Å². The van der Waals surface area contributed by atoms with E-state index in [2.05, 4.69) is 15.3 Å². The maximum atomic E-state index is 5.91. The molecular formula is C16H15N3O. The predicted octanol–water partition coefficient (Wildman–Crippen LogP) is 3.14. The quantitative estimate of drug-likeness (QED) is 0.787. The Morgan fingerprint density at radius 3 is 2.95 bits per heavy atom. The van der Waals surface area contributed by atoms with Crippen LogP contribution in [0.5, 0.6) is 11.5 Å². The standard InChI is InChI=1S/C16H15N3O/c1-17-9-13-6-7-18-11-16(13)20-14-8-12-4-2-3-5-15(12)19-10-14/h2-8,10-11,17H,9H2,1H3. The van der Waals surface area contributed by atoms with E-state index in [4.69, 9.17) is 4.74 Å². The number of benzene rings is 1. The fourth-order valence-corrected chi connectivity index (χ4v) is 2.07. The molecule has 2 heterocycles. The summed E-state index contributed by atoms with van der Waals surface area (Å²) in [6, 6.07) is 11.9. The average Bonchev–Trinajstić information content (AvgIpc) is 2.49. The van der Waals surface area contributed by atoms with Crippen molar-refractivity contribution in [1.29, 1.82) is 0 Å². The van der Waals surface area contributed by atoms with Gasteiger partial charge in [0.1, 0.15) is 11.5 Å². The summed E-state index contributed by atoms with van der Waals surface area (Å²) < 4.78 is 5.91. The molecule has 0 saturated carbocycles. The Kier molecular flexibility index (Phi) is 3.56. The van der Waals surface area contributed by atoms with Crippen molar-refractivity contribution in [3.63, 3.8) is 0 Å². The number of fused-ring (bicyclic) bond motifs is 1. The molecule has 0 atom stereocenters. The van der Waals surface area contributed by atoms with Gasteiger partial charge in [0.05, 0.1) is 17.9 Å². The first-order valence-electron chi connectivity index (χ1n) is 6.47. The lowest BCUT2D eigenvalue weighted by molar-refractivity contribution is 0.470. The van der Waals surface area contributed by atoms with Crippen LogP contribution in [0.15, 0.2) is 55.0 Å². The first-order chi connectivity index (χ1) is 9.86. The van der Waals surface area contributed by atoms with Gasteiger partial charge in [0.2, 0.25) is 0 Å². The molecule has 0 aliphatic carbocycles. The Labute approximate surface area is 117 Å². The number of nitrogens with zero attached hydrogens (tertiary/aromatic N) is 2. The molecule has 100 valence electrons. The van der Waals surface area contributed by atoms with Gasteiger partial charge in [-0.1, -0.05) is 18.2 Å². The third kappa shape index (κ3) is 2.60. The highest BCUT2D eigenvalue weighted by Crippen LogP contribution is 2.26. The molecule has 0 spiro atoms.